The predicted molar refractivity (Wildman–Crippen MR) is 100 cm³/mol. The summed E-state index contributed by atoms with van der Waals surface area (Å²) in [6, 6.07) is 0. The van der Waals surface area contributed by atoms with Crippen LogP contribution in [0, 0.1) is 17.8 Å². The highest BCUT2D eigenvalue weighted by atomic mass is 35.5. The van der Waals surface area contributed by atoms with E-state index in [4.69, 9.17) is 0 Å². The lowest BCUT2D eigenvalue weighted by molar-refractivity contribution is 0.0753. The summed E-state index contributed by atoms with van der Waals surface area (Å²) in [5.74, 6) is 2.24. The first-order chi connectivity index (χ1) is 10.1. The summed E-state index contributed by atoms with van der Waals surface area (Å²) in [5.41, 5.74) is 0.654. The zero-order valence-electron chi connectivity index (χ0n) is 13.8. The number of likely N-dealkylation sites (tertiary alicyclic amines) is 1. The van der Waals surface area contributed by atoms with Gasteiger partial charge in [-0.15, -0.1) is 36.2 Å². The number of hydrogen-bond donors (Lipinski definition) is 1. The molecular formula is C16H27Cl2N3OS. The number of nitrogens with zero attached hydrogens (tertiary/aromatic N) is 2. The van der Waals surface area contributed by atoms with Gasteiger partial charge < -0.3 is 10.2 Å². The maximum Gasteiger partial charge on any atom is 0.273 e. The number of nitrogens with one attached hydrogen (secondary N) is 1. The summed E-state index contributed by atoms with van der Waals surface area (Å²) in [6.45, 7) is 8.40. The minimum atomic E-state index is 0. The lowest BCUT2D eigenvalue weighted by Crippen LogP contribution is -2.33. The van der Waals surface area contributed by atoms with Gasteiger partial charge in [0.1, 0.15) is 5.69 Å². The third kappa shape index (κ3) is 5.05. The van der Waals surface area contributed by atoms with E-state index in [1.165, 1.54) is 0 Å². The van der Waals surface area contributed by atoms with Gasteiger partial charge in [-0.2, -0.15) is 0 Å². The molecule has 2 atom stereocenters. The summed E-state index contributed by atoms with van der Waals surface area (Å²) in [7, 11) is 0. The molecule has 0 saturated carbocycles. The molecule has 2 fully saturated rings. The molecule has 4 nitrogen and oxygen atoms in total. The Morgan fingerprint density at radius 3 is 2.48 bits per heavy atom. The Morgan fingerprint density at radius 2 is 1.91 bits per heavy atom. The molecule has 0 aromatic carbocycles. The summed E-state index contributed by atoms with van der Waals surface area (Å²) < 4.78 is 0. The first-order valence-electron chi connectivity index (χ1n) is 8.08. The van der Waals surface area contributed by atoms with Gasteiger partial charge in [0, 0.05) is 24.9 Å². The second-order valence-corrected chi connectivity index (χ2v) is 7.72. The van der Waals surface area contributed by atoms with Crippen LogP contribution < -0.4 is 5.32 Å². The Morgan fingerprint density at radius 1 is 1.30 bits per heavy atom. The van der Waals surface area contributed by atoms with Crippen molar-refractivity contribution in [3.8, 4) is 0 Å². The molecule has 0 bridgehead atoms. The molecular weight excluding hydrogens is 353 g/mol. The lowest BCUT2D eigenvalue weighted by Gasteiger charge is -2.19. The van der Waals surface area contributed by atoms with Gasteiger partial charge in [0.15, 0.2) is 0 Å². The van der Waals surface area contributed by atoms with Crippen LogP contribution in [0.3, 0.4) is 0 Å². The molecule has 7 heteroatoms. The van der Waals surface area contributed by atoms with Crippen LogP contribution in [-0.4, -0.2) is 42.0 Å². The molecule has 132 valence electrons. The van der Waals surface area contributed by atoms with E-state index >= 15 is 0 Å². The predicted octanol–water partition coefficient (Wildman–Crippen LogP) is 3.26. The quantitative estimate of drug-likeness (QED) is 0.876. The van der Waals surface area contributed by atoms with Crippen LogP contribution in [0.5, 0.6) is 0 Å². The number of carbonyl (C=O) groups is 1. The van der Waals surface area contributed by atoms with Crippen LogP contribution in [0.25, 0.3) is 0 Å². The number of rotatable bonds is 3. The smallest absolute Gasteiger partial charge is 0.273 e. The van der Waals surface area contributed by atoms with Crippen molar-refractivity contribution >= 4 is 42.1 Å². The van der Waals surface area contributed by atoms with Gasteiger partial charge in [-0.3, -0.25) is 4.79 Å². The molecule has 0 spiro atoms. The van der Waals surface area contributed by atoms with E-state index in [-0.39, 0.29) is 30.7 Å². The Hall–Kier alpha value is -0.360. The van der Waals surface area contributed by atoms with Gasteiger partial charge >= 0.3 is 0 Å². The molecule has 2 saturated heterocycles. The van der Waals surface area contributed by atoms with E-state index < -0.39 is 0 Å². The summed E-state index contributed by atoms with van der Waals surface area (Å²) in [6.07, 6.45) is 3.23. The van der Waals surface area contributed by atoms with Crippen molar-refractivity contribution in [3.05, 3.63) is 16.1 Å². The fourth-order valence-electron chi connectivity index (χ4n) is 3.44. The minimum absolute atomic E-state index is 0. The van der Waals surface area contributed by atoms with Crippen molar-refractivity contribution in [2.24, 2.45) is 17.8 Å². The third-order valence-electron chi connectivity index (χ3n) is 4.66. The number of amides is 1. The lowest BCUT2D eigenvalue weighted by atomic mass is 9.92. The number of hydrogen-bond acceptors (Lipinski definition) is 4. The van der Waals surface area contributed by atoms with E-state index in [1.807, 2.05) is 10.3 Å². The Balaban J connectivity index is 0.00000132. The van der Waals surface area contributed by atoms with Gasteiger partial charge in [0.25, 0.3) is 5.91 Å². The number of halogens is 2. The molecule has 23 heavy (non-hydrogen) atoms. The fraction of sp³-hybridized carbons (Fsp3) is 0.750. The molecule has 1 amide bonds. The van der Waals surface area contributed by atoms with Crippen molar-refractivity contribution < 1.29 is 4.79 Å². The van der Waals surface area contributed by atoms with Crippen molar-refractivity contribution in [2.45, 2.75) is 33.1 Å². The average Bonchev–Trinajstić information content (AvgIpc) is 3.03. The molecule has 1 aromatic rings. The highest BCUT2D eigenvalue weighted by molar-refractivity contribution is 7.09. The summed E-state index contributed by atoms with van der Waals surface area (Å²) >= 11 is 1.62. The molecule has 0 unspecified atom stereocenters. The van der Waals surface area contributed by atoms with E-state index in [1.54, 1.807) is 11.3 Å². The van der Waals surface area contributed by atoms with Gasteiger partial charge in [-0.05, 0) is 43.7 Å². The van der Waals surface area contributed by atoms with Gasteiger partial charge in [-0.25, -0.2) is 4.98 Å². The third-order valence-corrected chi connectivity index (χ3v) is 5.53. The van der Waals surface area contributed by atoms with Crippen LogP contribution in [0.1, 0.15) is 42.2 Å². The number of fused-ring (bicyclic) bond motifs is 1. The van der Waals surface area contributed by atoms with Crippen LogP contribution in [0.2, 0.25) is 0 Å². The van der Waals surface area contributed by atoms with E-state index in [0.29, 0.717) is 11.6 Å². The van der Waals surface area contributed by atoms with Crippen LogP contribution >= 0.6 is 36.2 Å². The minimum Gasteiger partial charge on any atom is -0.337 e. The van der Waals surface area contributed by atoms with Gasteiger partial charge in [0.05, 0.1) is 5.01 Å². The van der Waals surface area contributed by atoms with Crippen molar-refractivity contribution in [2.75, 3.05) is 26.2 Å². The maximum atomic E-state index is 12.6. The standard InChI is InChI=1S/C16H25N3OS.2ClH/c1-11(2)7-15-18-14(10-21-15)16(20)19-5-3-12-8-17-9-13(12)4-6-19;;/h10-13,17H,3-9H2,1-2H3;2*1H/t12-,13+;;. The largest absolute Gasteiger partial charge is 0.337 e. The molecule has 2 aliphatic heterocycles. The molecule has 1 N–H and O–H groups in total. The maximum absolute atomic E-state index is 12.6. The van der Waals surface area contributed by atoms with Crippen molar-refractivity contribution in [1.82, 2.24) is 15.2 Å². The van der Waals surface area contributed by atoms with E-state index in [9.17, 15) is 4.79 Å². The van der Waals surface area contributed by atoms with Crippen molar-refractivity contribution in [3.63, 3.8) is 0 Å². The molecule has 3 heterocycles. The number of thiazole rings is 1. The summed E-state index contributed by atoms with van der Waals surface area (Å²) in [4.78, 5) is 19.2. The normalized spacial score (nSPS) is 23.7. The highest BCUT2D eigenvalue weighted by Crippen LogP contribution is 2.27. The van der Waals surface area contributed by atoms with Crippen LogP contribution in [0.4, 0.5) is 0 Å². The number of aromatic nitrogens is 1. The monoisotopic (exact) mass is 379 g/mol. The molecule has 1 aromatic heterocycles. The summed E-state index contributed by atoms with van der Waals surface area (Å²) in [5, 5.41) is 6.50. The van der Waals surface area contributed by atoms with Crippen LogP contribution in [-0.2, 0) is 6.42 Å². The average molecular weight is 380 g/mol. The number of carbonyl (C=O) groups excluding carboxylic acids is 1. The Bertz CT molecular complexity index is 495. The van der Waals surface area contributed by atoms with Crippen LogP contribution in [0.15, 0.2) is 5.38 Å². The zero-order chi connectivity index (χ0) is 14.8. The molecule has 0 radical (unpaired) electrons. The van der Waals surface area contributed by atoms with Crippen molar-refractivity contribution in [1.29, 1.82) is 0 Å². The second-order valence-electron chi connectivity index (χ2n) is 6.77. The van der Waals surface area contributed by atoms with Gasteiger partial charge in [0.2, 0.25) is 0 Å². The first-order valence-corrected chi connectivity index (χ1v) is 8.96. The van der Waals surface area contributed by atoms with Gasteiger partial charge in [-0.1, -0.05) is 13.8 Å². The van der Waals surface area contributed by atoms with E-state index in [2.05, 4.69) is 24.1 Å². The highest BCUT2D eigenvalue weighted by Gasteiger charge is 2.32. The SMILES string of the molecule is CC(C)Cc1nc(C(=O)N2CC[C@@H]3CNC[C@@H]3CC2)cs1.Cl.Cl. The van der Waals surface area contributed by atoms with E-state index in [0.717, 1.165) is 62.3 Å². The fourth-order valence-corrected chi connectivity index (χ4v) is 4.42. The molecule has 2 aliphatic rings. The molecule has 0 aliphatic carbocycles. The molecule has 3 rings (SSSR count). The Labute approximate surface area is 155 Å². The topological polar surface area (TPSA) is 45.2 Å². The zero-order valence-corrected chi connectivity index (χ0v) is 16.2. The first kappa shape index (κ1) is 20.7. The second kappa shape index (κ2) is 9.21. The Kier molecular flexibility index (Phi) is 8.28.